The molecule has 38 heavy (non-hydrogen) atoms. The summed E-state index contributed by atoms with van der Waals surface area (Å²) in [5.41, 5.74) is 9.06. The highest BCUT2D eigenvalue weighted by Crippen LogP contribution is 2.35. The molecule has 0 unspecified atom stereocenters. The highest BCUT2D eigenvalue weighted by molar-refractivity contribution is 6.10. The Labute approximate surface area is 220 Å². The SMILES string of the molecule is CCc1ccc(-c2ccc3c(c2)c2ccccc2n3-c2ccc(-c3nnc(-c4ccccc4)o3)cc2)cc1. The molecule has 5 aromatic carbocycles. The van der Waals surface area contributed by atoms with Gasteiger partial charge in [0.05, 0.1) is 11.0 Å². The van der Waals surface area contributed by atoms with Gasteiger partial charge < -0.3 is 8.98 Å². The fraction of sp³-hybridized carbons (Fsp3) is 0.0588. The number of benzene rings is 5. The van der Waals surface area contributed by atoms with Crippen molar-refractivity contribution in [3.05, 3.63) is 127 Å². The highest BCUT2D eigenvalue weighted by Gasteiger charge is 2.15. The van der Waals surface area contributed by atoms with Crippen LogP contribution in [0.2, 0.25) is 0 Å². The lowest BCUT2D eigenvalue weighted by molar-refractivity contribution is 0.584. The summed E-state index contributed by atoms with van der Waals surface area (Å²) in [7, 11) is 0. The molecule has 0 saturated heterocycles. The van der Waals surface area contributed by atoms with Crippen LogP contribution in [-0.4, -0.2) is 14.8 Å². The first-order valence-corrected chi connectivity index (χ1v) is 12.9. The van der Waals surface area contributed by atoms with Crippen molar-refractivity contribution < 1.29 is 4.42 Å². The van der Waals surface area contributed by atoms with E-state index in [1.807, 2.05) is 42.5 Å². The van der Waals surface area contributed by atoms with Crippen LogP contribution < -0.4 is 0 Å². The van der Waals surface area contributed by atoms with Crippen molar-refractivity contribution in [1.82, 2.24) is 14.8 Å². The first-order valence-electron chi connectivity index (χ1n) is 12.9. The van der Waals surface area contributed by atoms with Crippen LogP contribution in [-0.2, 0) is 6.42 Å². The number of fused-ring (bicyclic) bond motifs is 3. The minimum atomic E-state index is 0.511. The lowest BCUT2D eigenvalue weighted by Gasteiger charge is -2.09. The fourth-order valence-electron chi connectivity index (χ4n) is 5.15. The zero-order valence-electron chi connectivity index (χ0n) is 21.0. The molecule has 0 amide bonds. The summed E-state index contributed by atoms with van der Waals surface area (Å²) in [4.78, 5) is 0. The lowest BCUT2D eigenvalue weighted by atomic mass is 10.0. The molecule has 0 aliphatic heterocycles. The zero-order valence-corrected chi connectivity index (χ0v) is 21.0. The van der Waals surface area contributed by atoms with Gasteiger partial charge >= 0.3 is 0 Å². The normalized spacial score (nSPS) is 11.4. The Kier molecular flexibility index (Phi) is 5.37. The maximum absolute atomic E-state index is 5.97. The third kappa shape index (κ3) is 3.78. The second kappa shape index (κ2) is 9.16. The molecule has 0 radical (unpaired) electrons. The second-order valence-electron chi connectivity index (χ2n) is 9.46. The molecule has 7 aromatic rings. The van der Waals surface area contributed by atoms with E-state index in [9.17, 15) is 0 Å². The Morgan fingerprint density at radius 1 is 0.553 bits per heavy atom. The molecule has 2 aromatic heterocycles. The average Bonchev–Trinajstić information content (AvgIpc) is 3.61. The molecule has 0 bridgehead atoms. The number of nitrogens with zero attached hydrogens (tertiary/aromatic N) is 3. The van der Waals surface area contributed by atoms with Gasteiger partial charge in [0.1, 0.15) is 0 Å². The van der Waals surface area contributed by atoms with E-state index >= 15 is 0 Å². The van der Waals surface area contributed by atoms with Crippen LogP contribution in [0.25, 0.3) is 61.5 Å². The van der Waals surface area contributed by atoms with Crippen molar-refractivity contribution in [3.63, 3.8) is 0 Å². The predicted octanol–water partition coefficient (Wildman–Crippen LogP) is 8.73. The molecule has 0 spiro atoms. The second-order valence-corrected chi connectivity index (χ2v) is 9.46. The van der Waals surface area contributed by atoms with Gasteiger partial charge in [-0.2, -0.15) is 0 Å². The van der Waals surface area contributed by atoms with Gasteiger partial charge in [-0.1, -0.05) is 73.7 Å². The lowest BCUT2D eigenvalue weighted by Crippen LogP contribution is -1.93. The highest BCUT2D eigenvalue weighted by atomic mass is 16.4. The van der Waals surface area contributed by atoms with Gasteiger partial charge in [0.25, 0.3) is 0 Å². The van der Waals surface area contributed by atoms with Crippen molar-refractivity contribution in [3.8, 4) is 39.7 Å². The van der Waals surface area contributed by atoms with E-state index in [1.165, 1.54) is 38.5 Å². The van der Waals surface area contributed by atoms with E-state index in [0.717, 1.165) is 23.2 Å². The van der Waals surface area contributed by atoms with Gasteiger partial charge in [0, 0.05) is 27.6 Å². The fourth-order valence-corrected chi connectivity index (χ4v) is 5.15. The number of aryl methyl sites for hydroxylation is 1. The van der Waals surface area contributed by atoms with E-state index in [0.29, 0.717) is 11.8 Å². The predicted molar refractivity (Wildman–Crippen MR) is 154 cm³/mol. The van der Waals surface area contributed by atoms with Crippen molar-refractivity contribution in [2.75, 3.05) is 0 Å². The summed E-state index contributed by atoms with van der Waals surface area (Å²) in [6.07, 6.45) is 1.05. The third-order valence-corrected chi connectivity index (χ3v) is 7.19. The molecular formula is C34H25N3O. The Morgan fingerprint density at radius 3 is 1.89 bits per heavy atom. The van der Waals surface area contributed by atoms with Crippen molar-refractivity contribution >= 4 is 21.8 Å². The van der Waals surface area contributed by atoms with Gasteiger partial charge in [-0.25, -0.2) is 0 Å². The largest absolute Gasteiger partial charge is 0.416 e. The van der Waals surface area contributed by atoms with Crippen LogP contribution in [0, 0.1) is 0 Å². The van der Waals surface area contributed by atoms with Crippen LogP contribution in [0.4, 0.5) is 0 Å². The number of hydrogen-bond donors (Lipinski definition) is 0. The Balaban J connectivity index is 1.29. The smallest absolute Gasteiger partial charge is 0.248 e. The minimum absolute atomic E-state index is 0.511. The quantitative estimate of drug-likeness (QED) is 0.242. The summed E-state index contributed by atoms with van der Waals surface area (Å²) < 4.78 is 8.29. The van der Waals surface area contributed by atoms with Gasteiger partial charge in [-0.05, 0) is 77.7 Å². The van der Waals surface area contributed by atoms with Gasteiger partial charge in [0.15, 0.2) is 0 Å². The molecule has 182 valence electrons. The van der Waals surface area contributed by atoms with Crippen LogP contribution in [0.5, 0.6) is 0 Å². The van der Waals surface area contributed by atoms with Gasteiger partial charge in [-0.15, -0.1) is 10.2 Å². The molecule has 0 N–H and O–H groups in total. The van der Waals surface area contributed by atoms with Gasteiger partial charge in [-0.3, -0.25) is 0 Å². The van der Waals surface area contributed by atoms with E-state index in [-0.39, 0.29) is 0 Å². The summed E-state index contributed by atoms with van der Waals surface area (Å²) in [5, 5.41) is 11.0. The monoisotopic (exact) mass is 491 g/mol. The third-order valence-electron chi connectivity index (χ3n) is 7.19. The van der Waals surface area contributed by atoms with Crippen molar-refractivity contribution in [1.29, 1.82) is 0 Å². The maximum atomic E-state index is 5.97. The van der Waals surface area contributed by atoms with Crippen molar-refractivity contribution in [2.24, 2.45) is 0 Å². The summed E-state index contributed by atoms with van der Waals surface area (Å²) >= 11 is 0. The Bertz CT molecular complexity index is 1880. The molecule has 0 fully saturated rings. The Hall–Kier alpha value is -4.96. The summed E-state index contributed by atoms with van der Waals surface area (Å²) in [5.74, 6) is 1.03. The first-order chi connectivity index (χ1) is 18.8. The number of aromatic nitrogens is 3. The first kappa shape index (κ1) is 22.3. The Morgan fingerprint density at radius 2 is 1.16 bits per heavy atom. The number of hydrogen-bond acceptors (Lipinski definition) is 3. The minimum Gasteiger partial charge on any atom is -0.416 e. The molecule has 4 nitrogen and oxygen atoms in total. The summed E-state index contributed by atoms with van der Waals surface area (Å²) in [6, 6.07) is 42.4. The average molecular weight is 492 g/mol. The van der Waals surface area contributed by atoms with E-state index < -0.39 is 0 Å². The van der Waals surface area contributed by atoms with Crippen LogP contribution in [0.15, 0.2) is 126 Å². The number of para-hydroxylation sites is 1. The van der Waals surface area contributed by atoms with Crippen LogP contribution in [0.3, 0.4) is 0 Å². The van der Waals surface area contributed by atoms with Crippen molar-refractivity contribution in [2.45, 2.75) is 13.3 Å². The molecular weight excluding hydrogens is 466 g/mol. The zero-order chi connectivity index (χ0) is 25.5. The van der Waals surface area contributed by atoms with Crippen LogP contribution >= 0.6 is 0 Å². The molecule has 7 rings (SSSR count). The molecule has 0 saturated carbocycles. The maximum Gasteiger partial charge on any atom is 0.248 e. The summed E-state index contributed by atoms with van der Waals surface area (Å²) in [6.45, 7) is 2.19. The van der Waals surface area contributed by atoms with E-state index in [4.69, 9.17) is 4.42 Å². The van der Waals surface area contributed by atoms with E-state index in [2.05, 4.69) is 101 Å². The molecule has 0 aliphatic carbocycles. The molecule has 4 heteroatoms. The van der Waals surface area contributed by atoms with E-state index in [1.54, 1.807) is 0 Å². The van der Waals surface area contributed by atoms with Gasteiger partial charge in [0.2, 0.25) is 11.8 Å². The van der Waals surface area contributed by atoms with Crippen LogP contribution in [0.1, 0.15) is 12.5 Å². The standard InChI is InChI=1S/C34H25N3O/c1-2-23-12-14-24(15-13-23)27-18-21-32-30(22-27)29-10-6-7-11-31(29)37(32)28-19-16-26(17-20-28)34-36-35-33(38-34)25-8-4-3-5-9-25/h3-22H,2H2,1H3. The molecule has 2 heterocycles. The number of rotatable bonds is 5. The topological polar surface area (TPSA) is 43.9 Å². The molecule has 0 aliphatic rings. The molecule has 0 atom stereocenters.